The van der Waals surface area contributed by atoms with Gasteiger partial charge < -0.3 is 19.9 Å². The molecule has 0 atom stereocenters. The van der Waals surface area contributed by atoms with Gasteiger partial charge in [-0.25, -0.2) is 4.79 Å². The maximum absolute atomic E-state index is 12.0. The molecule has 0 aromatic heterocycles. The zero-order valence-electron chi connectivity index (χ0n) is 11.3. The summed E-state index contributed by atoms with van der Waals surface area (Å²) in [6, 6.07) is 5.58. The number of rotatable bonds is 3. The van der Waals surface area contributed by atoms with E-state index in [9.17, 15) is 4.79 Å². The second-order valence-corrected chi connectivity index (χ2v) is 5.18. The summed E-state index contributed by atoms with van der Waals surface area (Å²) in [6.07, 6.45) is 0. The van der Waals surface area contributed by atoms with Crippen LogP contribution in [0.15, 0.2) is 18.2 Å². The molecule has 0 aliphatic carbocycles. The normalized spacial score (nSPS) is 15.3. The number of benzene rings is 1. The lowest BCUT2D eigenvalue weighted by Gasteiger charge is -2.42. The predicted molar refractivity (Wildman–Crippen MR) is 76.1 cm³/mol. The van der Waals surface area contributed by atoms with E-state index in [1.165, 1.54) is 7.11 Å². The van der Waals surface area contributed by atoms with Crippen molar-refractivity contribution in [3.63, 3.8) is 0 Å². The minimum Gasteiger partial charge on any atom is -0.493 e. The minimum absolute atomic E-state index is 0.126. The van der Waals surface area contributed by atoms with Gasteiger partial charge in [-0.05, 0) is 26.2 Å². The molecule has 1 fully saturated rings. The van der Waals surface area contributed by atoms with Gasteiger partial charge in [0.25, 0.3) is 0 Å². The first-order chi connectivity index (χ1) is 9.02. The number of likely N-dealkylation sites (N-methyl/N-ethyl adjacent to an activating group) is 1. The molecule has 0 saturated carbocycles. The Bertz CT molecular complexity index is 473. The van der Waals surface area contributed by atoms with Gasteiger partial charge in [0.2, 0.25) is 0 Å². The van der Waals surface area contributed by atoms with Crippen LogP contribution < -0.4 is 10.1 Å². The number of carbonyl (C=O) groups is 1. The molecule has 1 heterocycles. The van der Waals surface area contributed by atoms with Crippen molar-refractivity contribution in [2.45, 2.75) is 6.04 Å². The van der Waals surface area contributed by atoms with Crippen molar-refractivity contribution >= 4 is 23.3 Å². The number of anilines is 1. The lowest BCUT2D eigenvalue weighted by atomic mass is 10.1. The average Bonchev–Trinajstić information content (AvgIpc) is 2.26. The molecule has 0 unspecified atom stereocenters. The molecule has 1 saturated heterocycles. The van der Waals surface area contributed by atoms with E-state index in [0.29, 0.717) is 22.5 Å². The highest BCUT2D eigenvalue weighted by Crippen LogP contribution is 2.32. The van der Waals surface area contributed by atoms with Crippen molar-refractivity contribution in [2.24, 2.45) is 0 Å². The zero-order chi connectivity index (χ0) is 14.0. The lowest BCUT2D eigenvalue weighted by Crippen LogP contribution is -2.60. The van der Waals surface area contributed by atoms with Crippen molar-refractivity contribution in [3.05, 3.63) is 23.2 Å². The Kier molecular flexibility index (Phi) is 4.17. The second kappa shape index (κ2) is 5.67. The molecule has 1 aliphatic rings. The van der Waals surface area contributed by atoms with Crippen LogP contribution in [0.25, 0.3) is 0 Å². The summed E-state index contributed by atoms with van der Waals surface area (Å²) in [5.41, 5.74) is 0.591. The Morgan fingerprint density at radius 1 is 1.47 bits per heavy atom. The number of amides is 2. The molecule has 19 heavy (non-hydrogen) atoms. The average molecular weight is 284 g/mol. The largest absolute Gasteiger partial charge is 0.493 e. The van der Waals surface area contributed by atoms with Crippen LogP contribution in [0.5, 0.6) is 5.75 Å². The van der Waals surface area contributed by atoms with Gasteiger partial charge in [0, 0.05) is 19.1 Å². The molecular weight excluding hydrogens is 266 g/mol. The monoisotopic (exact) mass is 283 g/mol. The minimum atomic E-state index is -0.126. The van der Waals surface area contributed by atoms with Crippen molar-refractivity contribution in [2.75, 3.05) is 39.6 Å². The quantitative estimate of drug-likeness (QED) is 0.924. The summed E-state index contributed by atoms with van der Waals surface area (Å²) >= 11 is 6.01. The van der Waals surface area contributed by atoms with E-state index < -0.39 is 0 Å². The number of nitrogens with one attached hydrogen (secondary N) is 1. The van der Waals surface area contributed by atoms with Gasteiger partial charge in [0.05, 0.1) is 17.8 Å². The van der Waals surface area contributed by atoms with Crippen LogP contribution in [0.2, 0.25) is 5.02 Å². The Labute approximate surface area is 118 Å². The van der Waals surface area contributed by atoms with E-state index in [1.807, 2.05) is 14.1 Å². The number of ether oxygens (including phenoxy) is 1. The standard InChI is InChI=1S/C13H18ClN3O2/c1-16(2)9-7-17(8-9)13(18)15-11-6-4-5-10(14)12(11)19-3/h4-6,9H,7-8H2,1-3H3,(H,15,18). The van der Waals surface area contributed by atoms with Crippen molar-refractivity contribution in [1.82, 2.24) is 9.80 Å². The number of nitrogens with zero attached hydrogens (tertiary/aromatic N) is 2. The molecule has 0 radical (unpaired) electrons. The van der Waals surface area contributed by atoms with Crippen LogP contribution in [0.3, 0.4) is 0 Å². The van der Waals surface area contributed by atoms with Crippen molar-refractivity contribution in [3.8, 4) is 5.75 Å². The highest BCUT2D eigenvalue weighted by Gasteiger charge is 2.32. The van der Waals surface area contributed by atoms with Crippen LogP contribution in [0, 0.1) is 0 Å². The molecule has 1 N–H and O–H groups in total. The molecule has 0 spiro atoms. The summed E-state index contributed by atoms with van der Waals surface area (Å²) in [5, 5.41) is 3.30. The summed E-state index contributed by atoms with van der Waals surface area (Å²) in [6.45, 7) is 1.48. The second-order valence-electron chi connectivity index (χ2n) is 4.77. The third kappa shape index (κ3) is 2.93. The first-order valence-electron chi connectivity index (χ1n) is 6.07. The van der Waals surface area contributed by atoms with Gasteiger partial charge in [-0.1, -0.05) is 17.7 Å². The maximum atomic E-state index is 12.0. The molecule has 0 bridgehead atoms. The Balaban J connectivity index is 1.99. The Hall–Kier alpha value is -1.46. The fourth-order valence-electron chi connectivity index (χ4n) is 1.96. The number of carbonyl (C=O) groups excluding carboxylic acids is 1. The van der Waals surface area contributed by atoms with E-state index >= 15 is 0 Å². The van der Waals surface area contributed by atoms with Gasteiger partial charge in [0.15, 0.2) is 5.75 Å². The smallest absolute Gasteiger partial charge is 0.322 e. The van der Waals surface area contributed by atoms with Gasteiger partial charge in [-0.2, -0.15) is 0 Å². The van der Waals surface area contributed by atoms with Crippen molar-refractivity contribution < 1.29 is 9.53 Å². The van der Waals surface area contributed by atoms with Crippen LogP contribution in [-0.4, -0.2) is 56.2 Å². The Morgan fingerprint density at radius 2 is 2.16 bits per heavy atom. The maximum Gasteiger partial charge on any atom is 0.322 e. The van der Waals surface area contributed by atoms with Crippen LogP contribution in [-0.2, 0) is 0 Å². The van der Waals surface area contributed by atoms with E-state index in [4.69, 9.17) is 16.3 Å². The SMILES string of the molecule is COc1c(Cl)cccc1NC(=O)N1CC(N(C)C)C1. The molecular formula is C13H18ClN3O2. The number of likely N-dealkylation sites (tertiary alicyclic amines) is 1. The van der Waals surface area contributed by atoms with Crippen LogP contribution in [0.4, 0.5) is 10.5 Å². The highest BCUT2D eigenvalue weighted by molar-refractivity contribution is 6.32. The van der Waals surface area contributed by atoms with Gasteiger partial charge in [-0.3, -0.25) is 0 Å². The third-order valence-corrected chi connectivity index (χ3v) is 3.59. The molecule has 2 amide bonds. The topological polar surface area (TPSA) is 44.8 Å². The summed E-state index contributed by atoms with van der Waals surface area (Å²) in [4.78, 5) is 15.9. The summed E-state index contributed by atoms with van der Waals surface area (Å²) in [7, 11) is 5.56. The van der Waals surface area contributed by atoms with Crippen LogP contribution in [0.1, 0.15) is 0 Å². The van der Waals surface area contributed by atoms with E-state index in [0.717, 1.165) is 13.1 Å². The molecule has 5 nitrogen and oxygen atoms in total. The number of methoxy groups -OCH3 is 1. The highest BCUT2D eigenvalue weighted by atomic mass is 35.5. The lowest BCUT2D eigenvalue weighted by molar-refractivity contribution is 0.0942. The molecule has 104 valence electrons. The summed E-state index contributed by atoms with van der Waals surface area (Å²) < 4.78 is 5.19. The first-order valence-corrected chi connectivity index (χ1v) is 6.45. The molecule has 2 rings (SSSR count). The van der Waals surface area contributed by atoms with Gasteiger partial charge in [-0.15, -0.1) is 0 Å². The molecule has 1 aromatic carbocycles. The van der Waals surface area contributed by atoms with E-state index in [1.54, 1.807) is 23.1 Å². The fourth-order valence-corrected chi connectivity index (χ4v) is 2.21. The Morgan fingerprint density at radius 3 is 2.74 bits per heavy atom. The number of hydrogen-bond donors (Lipinski definition) is 1. The zero-order valence-corrected chi connectivity index (χ0v) is 12.1. The van der Waals surface area contributed by atoms with Crippen molar-refractivity contribution in [1.29, 1.82) is 0 Å². The number of halogens is 1. The summed E-state index contributed by atoms with van der Waals surface area (Å²) in [5.74, 6) is 0.488. The number of para-hydroxylation sites is 1. The number of hydrogen-bond acceptors (Lipinski definition) is 3. The molecule has 6 heteroatoms. The molecule has 1 aliphatic heterocycles. The molecule has 1 aromatic rings. The number of urea groups is 1. The van der Waals surface area contributed by atoms with Crippen LogP contribution >= 0.6 is 11.6 Å². The van der Waals surface area contributed by atoms with Gasteiger partial charge >= 0.3 is 6.03 Å². The van der Waals surface area contributed by atoms with E-state index in [2.05, 4.69) is 10.2 Å². The predicted octanol–water partition coefficient (Wildman–Crippen LogP) is 2.13. The van der Waals surface area contributed by atoms with Gasteiger partial charge in [0.1, 0.15) is 0 Å². The first kappa shape index (κ1) is 14.0. The fraction of sp³-hybridized carbons (Fsp3) is 0.462. The third-order valence-electron chi connectivity index (χ3n) is 3.29. The van der Waals surface area contributed by atoms with E-state index in [-0.39, 0.29) is 6.03 Å².